The molecule has 15 heavy (non-hydrogen) atoms. The Morgan fingerprint density at radius 1 is 1.20 bits per heavy atom. The van der Waals surface area contributed by atoms with Gasteiger partial charge in [-0.15, -0.1) is 0 Å². The summed E-state index contributed by atoms with van der Waals surface area (Å²) in [6.45, 7) is 6.63. The first kappa shape index (κ1) is 12.4. The zero-order valence-electron chi connectivity index (χ0n) is 9.83. The summed E-state index contributed by atoms with van der Waals surface area (Å²) in [5.74, 6) is 0. The lowest BCUT2D eigenvalue weighted by atomic mass is 9.87. The minimum absolute atomic E-state index is 0.186. The van der Waals surface area contributed by atoms with Gasteiger partial charge in [0.15, 0.2) is 0 Å². The number of rotatable bonds is 2. The SMILES string of the molecule is CC/C=C1/C=CC(C)(CC)C=C/C1=C/S. The van der Waals surface area contributed by atoms with Crippen molar-refractivity contribution in [2.45, 2.75) is 33.6 Å². The molecule has 0 aromatic carbocycles. The van der Waals surface area contributed by atoms with Gasteiger partial charge in [0, 0.05) is 5.41 Å². The first-order valence-electron chi connectivity index (χ1n) is 5.58. The molecule has 1 heteroatoms. The van der Waals surface area contributed by atoms with E-state index in [0.29, 0.717) is 0 Å². The van der Waals surface area contributed by atoms with Crippen molar-refractivity contribution in [3.8, 4) is 0 Å². The maximum absolute atomic E-state index is 4.26. The Morgan fingerprint density at radius 2 is 1.80 bits per heavy atom. The van der Waals surface area contributed by atoms with Gasteiger partial charge in [0.2, 0.25) is 0 Å². The minimum atomic E-state index is 0.186. The van der Waals surface area contributed by atoms with Gasteiger partial charge in [-0.2, -0.15) is 12.6 Å². The van der Waals surface area contributed by atoms with Gasteiger partial charge in [-0.1, -0.05) is 51.2 Å². The van der Waals surface area contributed by atoms with Gasteiger partial charge in [0.1, 0.15) is 0 Å². The van der Waals surface area contributed by atoms with Crippen molar-refractivity contribution in [3.63, 3.8) is 0 Å². The summed E-state index contributed by atoms with van der Waals surface area (Å²) < 4.78 is 0. The summed E-state index contributed by atoms with van der Waals surface area (Å²) in [6, 6.07) is 0. The normalized spacial score (nSPS) is 31.2. The average Bonchev–Trinajstić information content (AvgIpc) is 2.41. The number of thiol groups is 1. The van der Waals surface area contributed by atoms with E-state index >= 15 is 0 Å². The molecule has 0 N–H and O–H groups in total. The van der Waals surface area contributed by atoms with Crippen molar-refractivity contribution >= 4 is 12.6 Å². The molecule has 0 radical (unpaired) electrons. The third-order valence-corrected chi connectivity index (χ3v) is 3.22. The fourth-order valence-corrected chi connectivity index (χ4v) is 1.80. The van der Waals surface area contributed by atoms with Crippen molar-refractivity contribution in [2.24, 2.45) is 5.41 Å². The van der Waals surface area contributed by atoms with E-state index in [1.807, 2.05) is 5.41 Å². The second-order valence-corrected chi connectivity index (χ2v) is 4.44. The molecule has 0 spiro atoms. The van der Waals surface area contributed by atoms with E-state index in [9.17, 15) is 0 Å². The molecule has 0 saturated carbocycles. The molecule has 1 atom stereocenters. The van der Waals surface area contributed by atoms with Crippen LogP contribution in [0.2, 0.25) is 0 Å². The molecule has 1 aliphatic rings. The zero-order valence-corrected chi connectivity index (χ0v) is 10.7. The molecule has 0 nitrogen and oxygen atoms in total. The van der Waals surface area contributed by atoms with Crippen LogP contribution in [-0.2, 0) is 0 Å². The fourth-order valence-electron chi connectivity index (χ4n) is 1.57. The third-order valence-electron chi connectivity index (χ3n) is 2.95. The summed E-state index contributed by atoms with van der Waals surface area (Å²) in [5, 5.41) is 1.88. The van der Waals surface area contributed by atoms with Crippen molar-refractivity contribution in [1.29, 1.82) is 0 Å². The van der Waals surface area contributed by atoms with Crippen molar-refractivity contribution in [1.82, 2.24) is 0 Å². The molecular weight excluding hydrogens is 200 g/mol. The van der Waals surface area contributed by atoms with Crippen LogP contribution >= 0.6 is 12.6 Å². The van der Waals surface area contributed by atoms with Gasteiger partial charge < -0.3 is 0 Å². The predicted octanol–water partition coefficient (Wildman–Crippen LogP) is 4.68. The van der Waals surface area contributed by atoms with Crippen LogP contribution in [0, 0.1) is 5.41 Å². The topological polar surface area (TPSA) is 0 Å². The summed E-state index contributed by atoms with van der Waals surface area (Å²) in [5.41, 5.74) is 2.67. The lowest BCUT2D eigenvalue weighted by Gasteiger charge is -2.17. The molecule has 0 amide bonds. The molecule has 0 saturated heterocycles. The van der Waals surface area contributed by atoms with Gasteiger partial charge in [0.25, 0.3) is 0 Å². The average molecular weight is 220 g/mol. The number of allylic oxidation sites excluding steroid dienone is 7. The molecule has 0 heterocycles. The summed E-state index contributed by atoms with van der Waals surface area (Å²) >= 11 is 4.26. The highest BCUT2D eigenvalue weighted by Gasteiger charge is 2.16. The Morgan fingerprint density at radius 3 is 2.27 bits per heavy atom. The Hall–Kier alpha value is -0.690. The summed E-state index contributed by atoms with van der Waals surface area (Å²) in [4.78, 5) is 0. The zero-order chi connectivity index (χ0) is 11.3. The Labute approximate surface area is 98.9 Å². The molecule has 1 rings (SSSR count). The summed E-state index contributed by atoms with van der Waals surface area (Å²) in [6.07, 6.45) is 13.4. The second kappa shape index (κ2) is 5.41. The lowest BCUT2D eigenvalue weighted by Crippen LogP contribution is -2.05. The van der Waals surface area contributed by atoms with E-state index in [2.05, 4.69) is 63.8 Å². The molecular formula is C14H20S. The molecule has 0 aromatic rings. The van der Waals surface area contributed by atoms with Crippen LogP contribution in [-0.4, -0.2) is 0 Å². The monoisotopic (exact) mass is 220 g/mol. The molecule has 1 unspecified atom stereocenters. The van der Waals surface area contributed by atoms with Crippen LogP contribution in [0.3, 0.4) is 0 Å². The Bertz CT molecular complexity index is 331. The minimum Gasteiger partial charge on any atom is -0.151 e. The van der Waals surface area contributed by atoms with Crippen LogP contribution in [0.1, 0.15) is 33.6 Å². The first-order valence-corrected chi connectivity index (χ1v) is 6.10. The molecule has 0 aromatic heterocycles. The van der Waals surface area contributed by atoms with Crippen LogP contribution < -0.4 is 0 Å². The molecule has 0 aliphatic heterocycles. The van der Waals surface area contributed by atoms with Gasteiger partial charge in [-0.25, -0.2) is 0 Å². The van der Waals surface area contributed by atoms with Gasteiger partial charge in [-0.05, 0) is 29.4 Å². The molecule has 1 aliphatic carbocycles. The van der Waals surface area contributed by atoms with E-state index < -0.39 is 0 Å². The van der Waals surface area contributed by atoms with Crippen LogP contribution in [0.15, 0.2) is 46.9 Å². The maximum atomic E-state index is 4.26. The van der Waals surface area contributed by atoms with E-state index in [4.69, 9.17) is 0 Å². The van der Waals surface area contributed by atoms with E-state index in [1.165, 1.54) is 11.1 Å². The van der Waals surface area contributed by atoms with Crippen molar-refractivity contribution < 1.29 is 0 Å². The Kier molecular flexibility index (Phi) is 4.46. The highest BCUT2D eigenvalue weighted by Crippen LogP contribution is 2.31. The van der Waals surface area contributed by atoms with E-state index in [0.717, 1.165) is 12.8 Å². The predicted molar refractivity (Wildman–Crippen MR) is 72.1 cm³/mol. The van der Waals surface area contributed by atoms with E-state index in [-0.39, 0.29) is 5.41 Å². The molecule has 0 bridgehead atoms. The fraction of sp³-hybridized carbons (Fsp3) is 0.429. The second-order valence-electron chi connectivity index (χ2n) is 4.18. The quantitative estimate of drug-likeness (QED) is 0.642. The van der Waals surface area contributed by atoms with Gasteiger partial charge >= 0.3 is 0 Å². The van der Waals surface area contributed by atoms with Crippen molar-refractivity contribution in [2.75, 3.05) is 0 Å². The van der Waals surface area contributed by atoms with Gasteiger partial charge in [0.05, 0.1) is 0 Å². The smallest absolute Gasteiger partial charge is 0.00367 e. The molecule has 0 fully saturated rings. The highest BCUT2D eigenvalue weighted by molar-refractivity contribution is 7.83. The number of hydrogen-bond donors (Lipinski definition) is 1. The van der Waals surface area contributed by atoms with E-state index in [1.54, 1.807) is 0 Å². The van der Waals surface area contributed by atoms with Crippen LogP contribution in [0.4, 0.5) is 0 Å². The van der Waals surface area contributed by atoms with Crippen LogP contribution in [0.5, 0.6) is 0 Å². The Balaban J connectivity index is 3.11. The summed E-state index contributed by atoms with van der Waals surface area (Å²) in [7, 11) is 0. The third kappa shape index (κ3) is 3.13. The van der Waals surface area contributed by atoms with Crippen LogP contribution in [0.25, 0.3) is 0 Å². The lowest BCUT2D eigenvalue weighted by molar-refractivity contribution is 0.531. The maximum Gasteiger partial charge on any atom is 0.00367 e. The largest absolute Gasteiger partial charge is 0.151 e. The first-order chi connectivity index (χ1) is 7.15. The van der Waals surface area contributed by atoms with Crippen molar-refractivity contribution in [3.05, 3.63) is 46.9 Å². The molecule has 82 valence electrons. The standard InChI is InChI=1S/C14H20S/c1-4-6-12-7-9-14(3,5-2)10-8-13(12)11-15/h6-11,15H,4-5H2,1-3H3/b12-6-,13-11-. The van der Waals surface area contributed by atoms with Gasteiger partial charge in [-0.3, -0.25) is 0 Å². The highest BCUT2D eigenvalue weighted by atomic mass is 32.1. The number of hydrogen-bond acceptors (Lipinski definition) is 1.